The lowest BCUT2D eigenvalue weighted by Crippen LogP contribution is -2.31. The molecule has 4 nitrogen and oxygen atoms in total. The van der Waals surface area contributed by atoms with E-state index in [1.165, 1.54) is 14.0 Å². The molecule has 14 heavy (non-hydrogen) atoms. The topological polar surface area (TPSA) is 76.1 Å². The third-order valence-electron chi connectivity index (χ3n) is 1.14. The van der Waals surface area contributed by atoms with Gasteiger partial charge >= 0.3 is 5.97 Å². The minimum absolute atomic E-state index is 0. The highest BCUT2D eigenvalue weighted by Gasteiger charge is 2.11. The van der Waals surface area contributed by atoms with Crippen LogP contribution in [0.2, 0.25) is 0 Å². The maximum absolute atomic E-state index is 10.7. The smallest absolute Gasteiger partial charge is 0.322 e. The lowest BCUT2D eigenvalue weighted by atomic mass is 10.2. The average Bonchev–Trinajstić information content (AvgIpc) is 2.14. The van der Waals surface area contributed by atoms with Crippen LogP contribution in [0.5, 0.6) is 0 Å². The molecule has 0 aliphatic rings. The van der Waals surface area contributed by atoms with Crippen molar-refractivity contribution in [3.63, 3.8) is 0 Å². The normalized spacial score (nSPS) is 9.64. The Bertz CT molecular complexity index is 173. The zero-order valence-corrected chi connectivity index (χ0v) is 10.3. The number of thioether (sulfide) groups is 1. The molecule has 0 saturated heterocycles. The minimum atomic E-state index is -0.447. The number of rotatable bonds is 4. The van der Waals surface area contributed by atoms with Crippen molar-refractivity contribution in [3.8, 4) is 6.07 Å². The molecular weight excluding hydrogens is 224 g/mol. The monoisotopic (exact) mass is 240 g/mol. The Morgan fingerprint density at radius 3 is 2.43 bits per heavy atom. The van der Waals surface area contributed by atoms with E-state index < -0.39 is 6.04 Å². The molecule has 0 bridgehead atoms. The van der Waals surface area contributed by atoms with Gasteiger partial charge in [0, 0.05) is 6.92 Å². The highest BCUT2D eigenvalue weighted by atomic mass is 35.5. The van der Waals surface area contributed by atoms with Crippen molar-refractivity contribution < 1.29 is 9.53 Å². The summed E-state index contributed by atoms with van der Waals surface area (Å²) >= 11 is 1.67. The van der Waals surface area contributed by atoms with Gasteiger partial charge in [-0.2, -0.15) is 17.0 Å². The van der Waals surface area contributed by atoms with Gasteiger partial charge in [0.05, 0.1) is 13.2 Å². The summed E-state index contributed by atoms with van der Waals surface area (Å²) in [4.78, 5) is 10.7. The Labute approximate surface area is 95.6 Å². The summed E-state index contributed by atoms with van der Waals surface area (Å²) in [5, 5.41) is 7.32. The van der Waals surface area contributed by atoms with E-state index in [1.807, 2.05) is 6.26 Å². The van der Waals surface area contributed by atoms with Gasteiger partial charge in [-0.05, 0) is 18.4 Å². The molecule has 1 unspecified atom stereocenters. The molecule has 1 atom stereocenters. The van der Waals surface area contributed by atoms with Crippen molar-refractivity contribution in [2.75, 3.05) is 19.1 Å². The van der Waals surface area contributed by atoms with Crippen LogP contribution in [-0.4, -0.2) is 31.1 Å². The quantitative estimate of drug-likeness (QED) is 0.747. The van der Waals surface area contributed by atoms with Crippen LogP contribution < -0.4 is 5.73 Å². The Kier molecular flexibility index (Phi) is 20.6. The lowest BCUT2D eigenvalue weighted by molar-refractivity contribution is -0.142. The molecule has 0 heterocycles. The predicted molar refractivity (Wildman–Crippen MR) is 61.5 cm³/mol. The molecule has 0 amide bonds. The minimum Gasteiger partial charge on any atom is -0.468 e. The zero-order chi connectivity index (χ0) is 10.7. The number of nitrogens with two attached hydrogens (primary N) is 1. The second-order valence-corrected chi connectivity index (χ2v) is 3.12. The van der Waals surface area contributed by atoms with Gasteiger partial charge in [-0.25, -0.2) is 0 Å². The van der Waals surface area contributed by atoms with E-state index in [0.717, 1.165) is 5.75 Å². The second-order valence-electron chi connectivity index (χ2n) is 2.13. The Balaban J connectivity index is -0.000000267. The third kappa shape index (κ3) is 14.1. The molecule has 0 fully saturated rings. The van der Waals surface area contributed by atoms with Crippen LogP contribution in [0.25, 0.3) is 0 Å². The molecule has 0 rings (SSSR count). The number of nitrogens with zero attached hydrogens (tertiary/aromatic N) is 1. The van der Waals surface area contributed by atoms with Gasteiger partial charge in [-0.15, -0.1) is 12.4 Å². The zero-order valence-electron chi connectivity index (χ0n) is 8.65. The lowest BCUT2D eigenvalue weighted by Gasteiger charge is -2.06. The van der Waals surface area contributed by atoms with Crippen molar-refractivity contribution in [2.45, 2.75) is 19.4 Å². The van der Waals surface area contributed by atoms with Crippen molar-refractivity contribution in [3.05, 3.63) is 0 Å². The van der Waals surface area contributed by atoms with Gasteiger partial charge in [-0.3, -0.25) is 4.79 Å². The first-order valence-corrected chi connectivity index (χ1v) is 5.16. The van der Waals surface area contributed by atoms with Crippen molar-refractivity contribution in [2.24, 2.45) is 5.73 Å². The number of carbonyl (C=O) groups is 1. The van der Waals surface area contributed by atoms with Crippen molar-refractivity contribution in [1.29, 1.82) is 5.26 Å². The van der Waals surface area contributed by atoms with Crippen LogP contribution in [-0.2, 0) is 9.53 Å². The van der Waals surface area contributed by atoms with Crippen LogP contribution >= 0.6 is 24.2 Å². The van der Waals surface area contributed by atoms with E-state index >= 15 is 0 Å². The SMILES string of the molecule is CC#N.COC(=O)C(N)CCSC.Cl. The summed E-state index contributed by atoms with van der Waals surface area (Å²) in [7, 11) is 1.35. The summed E-state index contributed by atoms with van der Waals surface area (Å²) in [5.41, 5.74) is 5.43. The van der Waals surface area contributed by atoms with Crippen LogP contribution in [0.15, 0.2) is 0 Å². The number of hydrogen-bond acceptors (Lipinski definition) is 5. The predicted octanol–water partition coefficient (Wildman–Crippen LogP) is 1.19. The Morgan fingerprint density at radius 1 is 1.71 bits per heavy atom. The molecule has 2 N–H and O–H groups in total. The summed E-state index contributed by atoms with van der Waals surface area (Å²) in [6.45, 7) is 1.43. The third-order valence-corrected chi connectivity index (χ3v) is 1.78. The van der Waals surface area contributed by atoms with E-state index in [-0.39, 0.29) is 18.4 Å². The number of methoxy groups -OCH3 is 1. The fourth-order valence-corrected chi connectivity index (χ4v) is 1.00. The van der Waals surface area contributed by atoms with Crippen molar-refractivity contribution >= 4 is 30.1 Å². The molecule has 0 saturated carbocycles. The van der Waals surface area contributed by atoms with E-state index in [1.54, 1.807) is 17.8 Å². The van der Waals surface area contributed by atoms with Crippen LogP contribution in [0, 0.1) is 11.3 Å². The first kappa shape index (κ1) is 19.2. The highest BCUT2D eigenvalue weighted by molar-refractivity contribution is 7.98. The largest absolute Gasteiger partial charge is 0.468 e. The average molecular weight is 241 g/mol. The fraction of sp³-hybridized carbons (Fsp3) is 0.750. The van der Waals surface area contributed by atoms with E-state index in [2.05, 4.69) is 4.74 Å². The molecule has 0 aromatic carbocycles. The molecule has 84 valence electrons. The molecular formula is C8H17ClN2O2S. The number of halogens is 1. The molecule has 0 radical (unpaired) electrons. The molecule has 0 aliphatic heterocycles. The first-order valence-electron chi connectivity index (χ1n) is 3.77. The second kappa shape index (κ2) is 15.1. The molecule has 6 heteroatoms. The standard InChI is InChI=1S/C6H13NO2S.C2H3N.ClH/c1-9-6(8)5(7)3-4-10-2;1-2-3;/h5H,3-4,7H2,1-2H3;1H3;1H. The van der Waals surface area contributed by atoms with Crippen molar-refractivity contribution in [1.82, 2.24) is 0 Å². The number of ether oxygens (including phenoxy) is 1. The molecule has 0 spiro atoms. The number of esters is 1. The van der Waals surface area contributed by atoms with Gasteiger partial charge in [-0.1, -0.05) is 0 Å². The van der Waals surface area contributed by atoms with Gasteiger partial charge in [0.2, 0.25) is 0 Å². The maximum Gasteiger partial charge on any atom is 0.322 e. The van der Waals surface area contributed by atoms with Gasteiger partial charge in [0.15, 0.2) is 0 Å². The number of carbonyl (C=O) groups excluding carboxylic acids is 1. The van der Waals surface area contributed by atoms with E-state index in [0.29, 0.717) is 6.42 Å². The fourth-order valence-electron chi connectivity index (χ4n) is 0.514. The summed E-state index contributed by atoms with van der Waals surface area (Å²) < 4.78 is 4.44. The number of nitriles is 1. The maximum atomic E-state index is 10.7. The van der Waals surface area contributed by atoms with Gasteiger partial charge < -0.3 is 10.5 Å². The highest BCUT2D eigenvalue weighted by Crippen LogP contribution is 1.99. The van der Waals surface area contributed by atoms with E-state index in [9.17, 15) is 4.79 Å². The molecule has 0 aromatic rings. The van der Waals surface area contributed by atoms with Crippen LogP contribution in [0.3, 0.4) is 0 Å². The van der Waals surface area contributed by atoms with Gasteiger partial charge in [0.25, 0.3) is 0 Å². The Morgan fingerprint density at radius 2 is 2.14 bits per heavy atom. The number of hydrogen-bond donors (Lipinski definition) is 1. The summed E-state index contributed by atoms with van der Waals surface area (Å²) in [6, 6.07) is 1.30. The van der Waals surface area contributed by atoms with Gasteiger partial charge in [0.1, 0.15) is 6.04 Å². The van der Waals surface area contributed by atoms with E-state index in [4.69, 9.17) is 11.0 Å². The molecule has 0 aromatic heterocycles. The Hall–Kier alpha value is -0.440. The first-order chi connectivity index (χ1) is 6.13. The molecule has 0 aliphatic carbocycles. The van der Waals surface area contributed by atoms with Crippen LogP contribution in [0.4, 0.5) is 0 Å². The summed E-state index contributed by atoms with van der Waals surface area (Å²) in [5.74, 6) is 0.574. The summed E-state index contributed by atoms with van der Waals surface area (Å²) in [6.07, 6.45) is 2.66. The van der Waals surface area contributed by atoms with Crippen LogP contribution in [0.1, 0.15) is 13.3 Å².